The Hall–Kier alpha value is -2.57. The molecule has 2 aromatic carbocycles. The highest BCUT2D eigenvalue weighted by Crippen LogP contribution is 2.20. The first-order valence-electron chi connectivity index (χ1n) is 9.52. The van der Waals surface area contributed by atoms with Gasteiger partial charge in [0.05, 0.1) is 0 Å². The number of piperazine rings is 1. The molecule has 1 aliphatic rings. The zero-order chi connectivity index (χ0) is 19.2. The molecule has 6 heteroatoms. The molecule has 0 amide bonds. The fraction of sp³-hybridized carbons (Fsp3) is 0.273. The van der Waals surface area contributed by atoms with Crippen LogP contribution in [0.2, 0.25) is 0 Å². The van der Waals surface area contributed by atoms with Gasteiger partial charge in [0, 0.05) is 50.7 Å². The van der Waals surface area contributed by atoms with Crippen LogP contribution in [-0.4, -0.2) is 47.0 Å². The van der Waals surface area contributed by atoms with Gasteiger partial charge < -0.3 is 4.90 Å². The third-order valence-corrected chi connectivity index (χ3v) is 5.66. The minimum absolute atomic E-state index is 0.216. The minimum Gasteiger partial charge on any atom is -0.344 e. The molecule has 0 N–H and O–H groups in total. The summed E-state index contributed by atoms with van der Waals surface area (Å²) in [5.41, 5.74) is 2.27. The summed E-state index contributed by atoms with van der Waals surface area (Å²) in [6.07, 6.45) is 5.05. The molecular formula is C22H23FN4S. The normalized spacial score (nSPS) is 15.4. The van der Waals surface area contributed by atoms with Crippen molar-refractivity contribution in [3.63, 3.8) is 0 Å². The van der Waals surface area contributed by atoms with Gasteiger partial charge in [-0.3, -0.25) is 4.90 Å². The van der Waals surface area contributed by atoms with Gasteiger partial charge in [0.2, 0.25) is 5.13 Å². The third-order valence-electron chi connectivity index (χ3n) is 4.85. The fourth-order valence-corrected chi connectivity index (χ4v) is 3.99. The topological polar surface area (TPSA) is 32.3 Å². The Morgan fingerprint density at radius 2 is 1.71 bits per heavy atom. The van der Waals surface area contributed by atoms with Gasteiger partial charge in [0.25, 0.3) is 0 Å². The number of rotatable bonds is 6. The largest absolute Gasteiger partial charge is 0.344 e. The lowest BCUT2D eigenvalue weighted by molar-refractivity contribution is 0.284. The Kier molecular flexibility index (Phi) is 6.09. The van der Waals surface area contributed by atoms with Gasteiger partial charge in [-0.1, -0.05) is 54.6 Å². The lowest BCUT2D eigenvalue weighted by atomic mass is 10.1. The molecule has 0 aliphatic carbocycles. The number of benzene rings is 2. The van der Waals surface area contributed by atoms with E-state index < -0.39 is 0 Å². The lowest BCUT2D eigenvalue weighted by Gasteiger charge is -2.33. The van der Waals surface area contributed by atoms with Crippen LogP contribution in [0, 0.1) is 5.82 Å². The van der Waals surface area contributed by atoms with Gasteiger partial charge in [0.15, 0.2) is 0 Å². The van der Waals surface area contributed by atoms with Crippen molar-refractivity contribution in [2.75, 3.05) is 37.6 Å². The highest BCUT2D eigenvalue weighted by molar-refractivity contribution is 7.09. The van der Waals surface area contributed by atoms with E-state index in [1.54, 1.807) is 12.1 Å². The molecular weight excluding hydrogens is 371 g/mol. The highest BCUT2D eigenvalue weighted by Gasteiger charge is 2.19. The van der Waals surface area contributed by atoms with E-state index >= 15 is 0 Å². The summed E-state index contributed by atoms with van der Waals surface area (Å²) >= 11 is 1.45. The van der Waals surface area contributed by atoms with Crippen molar-refractivity contribution in [1.29, 1.82) is 0 Å². The van der Waals surface area contributed by atoms with Gasteiger partial charge in [-0.2, -0.15) is 4.37 Å². The van der Waals surface area contributed by atoms with Crippen molar-refractivity contribution in [2.45, 2.75) is 6.42 Å². The first-order chi connectivity index (χ1) is 13.8. The molecule has 0 radical (unpaired) electrons. The van der Waals surface area contributed by atoms with Crippen molar-refractivity contribution >= 4 is 22.7 Å². The minimum atomic E-state index is -0.216. The van der Waals surface area contributed by atoms with Crippen LogP contribution in [-0.2, 0) is 6.42 Å². The molecule has 2 heterocycles. The monoisotopic (exact) mass is 394 g/mol. The van der Waals surface area contributed by atoms with Crippen molar-refractivity contribution in [2.24, 2.45) is 0 Å². The van der Waals surface area contributed by atoms with E-state index in [4.69, 9.17) is 0 Å². The molecule has 0 unspecified atom stereocenters. The first-order valence-corrected chi connectivity index (χ1v) is 10.3. The molecule has 4 rings (SSSR count). The Balaban J connectivity index is 1.26. The molecule has 28 heavy (non-hydrogen) atoms. The molecule has 0 atom stereocenters. The number of nitrogens with zero attached hydrogens (tertiary/aromatic N) is 4. The van der Waals surface area contributed by atoms with Crippen LogP contribution < -0.4 is 4.90 Å². The summed E-state index contributed by atoms with van der Waals surface area (Å²) in [5, 5.41) is 0.983. The molecule has 1 saturated heterocycles. The SMILES string of the molecule is Fc1ccc(Cc2nsc(N3CCN(CC=Cc4ccccc4)CC3)n2)cc1. The first kappa shape index (κ1) is 18.8. The lowest BCUT2D eigenvalue weighted by Crippen LogP contribution is -2.46. The molecule has 0 bridgehead atoms. The highest BCUT2D eigenvalue weighted by atomic mass is 32.1. The number of anilines is 1. The standard InChI is InChI=1S/C22H23FN4S/c23-20-10-8-19(9-11-20)17-21-24-22(28-25-21)27-15-13-26(14-16-27)12-4-7-18-5-2-1-3-6-18/h1-11H,12-17H2. The van der Waals surface area contributed by atoms with Crippen molar-refractivity contribution in [3.8, 4) is 0 Å². The average molecular weight is 395 g/mol. The summed E-state index contributed by atoms with van der Waals surface area (Å²) in [7, 11) is 0. The van der Waals surface area contributed by atoms with Crippen LogP contribution in [0.3, 0.4) is 0 Å². The maximum absolute atomic E-state index is 13.0. The van der Waals surface area contributed by atoms with E-state index in [2.05, 4.69) is 55.6 Å². The predicted molar refractivity (Wildman–Crippen MR) is 113 cm³/mol. The van der Waals surface area contributed by atoms with Gasteiger partial charge in [-0.25, -0.2) is 9.37 Å². The van der Waals surface area contributed by atoms with Gasteiger partial charge >= 0.3 is 0 Å². The third kappa shape index (κ3) is 5.03. The Labute approximate surface area is 169 Å². The van der Waals surface area contributed by atoms with E-state index in [-0.39, 0.29) is 5.82 Å². The van der Waals surface area contributed by atoms with Crippen LogP contribution >= 0.6 is 11.5 Å². The summed E-state index contributed by atoms with van der Waals surface area (Å²) in [6, 6.07) is 16.9. The van der Waals surface area contributed by atoms with Gasteiger partial charge in [0.1, 0.15) is 11.6 Å². The van der Waals surface area contributed by atoms with Crippen molar-refractivity contribution < 1.29 is 4.39 Å². The summed E-state index contributed by atoms with van der Waals surface area (Å²) in [4.78, 5) is 9.45. The molecule has 3 aromatic rings. The zero-order valence-electron chi connectivity index (χ0n) is 15.7. The Morgan fingerprint density at radius 3 is 2.46 bits per heavy atom. The molecule has 1 aliphatic heterocycles. The van der Waals surface area contributed by atoms with E-state index in [0.29, 0.717) is 6.42 Å². The Morgan fingerprint density at radius 1 is 0.964 bits per heavy atom. The molecule has 1 fully saturated rings. The van der Waals surface area contributed by atoms with E-state index in [9.17, 15) is 4.39 Å². The summed E-state index contributed by atoms with van der Waals surface area (Å²) < 4.78 is 17.5. The van der Waals surface area contributed by atoms with Crippen LogP contribution in [0.5, 0.6) is 0 Å². The summed E-state index contributed by atoms with van der Waals surface area (Å²) in [5.74, 6) is 0.590. The molecule has 1 aromatic heterocycles. The van der Waals surface area contributed by atoms with Crippen LogP contribution in [0.15, 0.2) is 60.7 Å². The van der Waals surface area contributed by atoms with Gasteiger partial charge in [-0.05, 0) is 23.3 Å². The van der Waals surface area contributed by atoms with Crippen molar-refractivity contribution in [3.05, 3.63) is 83.4 Å². The van der Waals surface area contributed by atoms with E-state index in [0.717, 1.165) is 49.2 Å². The second kappa shape index (κ2) is 9.08. The maximum atomic E-state index is 13.0. The number of hydrogen-bond donors (Lipinski definition) is 0. The smallest absolute Gasteiger partial charge is 0.205 e. The molecule has 0 saturated carbocycles. The quantitative estimate of drug-likeness (QED) is 0.630. The van der Waals surface area contributed by atoms with Crippen LogP contribution in [0.4, 0.5) is 9.52 Å². The second-order valence-electron chi connectivity index (χ2n) is 6.90. The number of hydrogen-bond acceptors (Lipinski definition) is 5. The number of aromatic nitrogens is 2. The second-order valence-corrected chi connectivity index (χ2v) is 7.63. The van der Waals surface area contributed by atoms with Gasteiger partial charge in [-0.15, -0.1) is 0 Å². The molecule has 0 spiro atoms. The van der Waals surface area contributed by atoms with E-state index in [1.165, 1.54) is 29.2 Å². The van der Waals surface area contributed by atoms with Crippen molar-refractivity contribution in [1.82, 2.24) is 14.3 Å². The average Bonchev–Trinajstić information content (AvgIpc) is 3.20. The van der Waals surface area contributed by atoms with E-state index in [1.807, 2.05) is 6.07 Å². The number of halogens is 1. The van der Waals surface area contributed by atoms with Crippen LogP contribution in [0.25, 0.3) is 6.08 Å². The summed E-state index contributed by atoms with van der Waals surface area (Å²) in [6.45, 7) is 4.93. The zero-order valence-corrected chi connectivity index (χ0v) is 16.5. The Bertz CT molecular complexity index is 900. The maximum Gasteiger partial charge on any atom is 0.205 e. The fourth-order valence-electron chi connectivity index (χ4n) is 3.25. The molecule has 144 valence electrons. The predicted octanol–water partition coefficient (Wildman–Crippen LogP) is 4.10. The van der Waals surface area contributed by atoms with Crippen LogP contribution in [0.1, 0.15) is 17.0 Å². The molecule has 4 nitrogen and oxygen atoms in total.